The van der Waals surface area contributed by atoms with Crippen LogP contribution < -0.4 is 5.32 Å². The Hall–Kier alpha value is -1.62. The summed E-state index contributed by atoms with van der Waals surface area (Å²) in [5.41, 5.74) is 0. The minimum Gasteiger partial charge on any atom is -0.338 e. The van der Waals surface area contributed by atoms with Gasteiger partial charge in [0.1, 0.15) is 11.6 Å². The SMILES string of the molecule is CCCNC(Cc1nccn1C)c1nccn1C. The van der Waals surface area contributed by atoms with E-state index in [1.165, 1.54) is 0 Å². The molecule has 2 heterocycles. The van der Waals surface area contributed by atoms with E-state index in [0.29, 0.717) is 0 Å². The summed E-state index contributed by atoms with van der Waals surface area (Å²) >= 11 is 0. The maximum absolute atomic E-state index is 4.44. The van der Waals surface area contributed by atoms with Gasteiger partial charge in [-0.05, 0) is 13.0 Å². The van der Waals surface area contributed by atoms with Crippen LogP contribution in [0.25, 0.3) is 0 Å². The highest BCUT2D eigenvalue weighted by molar-refractivity contribution is 5.04. The van der Waals surface area contributed by atoms with Crippen LogP contribution in [0.15, 0.2) is 24.8 Å². The number of hydrogen-bond donors (Lipinski definition) is 1. The van der Waals surface area contributed by atoms with E-state index >= 15 is 0 Å². The first-order chi connectivity index (χ1) is 8.72. The van der Waals surface area contributed by atoms with Crippen LogP contribution in [0, 0.1) is 0 Å². The summed E-state index contributed by atoms with van der Waals surface area (Å²) in [6, 6.07) is 0.214. The van der Waals surface area contributed by atoms with E-state index in [1.54, 1.807) is 0 Å². The van der Waals surface area contributed by atoms with Gasteiger partial charge in [0.2, 0.25) is 0 Å². The lowest BCUT2D eigenvalue weighted by Gasteiger charge is -2.18. The van der Waals surface area contributed by atoms with E-state index in [2.05, 4.69) is 31.3 Å². The average molecular weight is 247 g/mol. The van der Waals surface area contributed by atoms with Crippen molar-refractivity contribution < 1.29 is 0 Å². The van der Waals surface area contributed by atoms with Crippen LogP contribution in [-0.4, -0.2) is 25.6 Å². The van der Waals surface area contributed by atoms with Crippen molar-refractivity contribution >= 4 is 0 Å². The Morgan fingerprint density at radius 2 is 1.89 bits per heavy atom. The Labute approximate surface area is 108 Å². The molecule has 5 nitrogen and oxygen atoms in total. The van der Waals surface area contributed by atoms with Crippen molar-refractivity contribution in [3.05, 3.63) is 36.4 Å². The molecule has 0 bridgehead atoms. The molecule has 1 atom stereocenters. The van der Waals surface area contributed by atoms with Gasteiger partial charge in [-0.3, -0.25) is 0 Å². The first-order valence-electron chi connectivity index (χ1n) is 6.39. The second-order valence-electron chi connectivity index (χ2n) is 4.56. The lowest BCUT2D eigenvalue weighted by Crippen LogP contribution is -2.27. The van der Waals surface area contributed by atoms with Crippen molar-refractivity contribution in [2.45, 2.75) is 25.8 Å². The molecule has 0 aliphatic heterocycles. The first kappa shape index (κ1) is 12.8. The molecule has 1 unspecified atom stereocenters. The van der Waals surface area contributed by atoms with E-state index in [1.807, 2.05) is 38.9 Å². The minimum atomic E-state index is 0.214. The predicted molar refractivity (Wildman–Crippen MR) is 71.2 cm³/mol. The summed E-state index contributed by atoms with van der Waals surface area (Å²) in [6.45, 7) is 3.16. The monoisotopic (exact) mass is 247 g/mol. The third-order valence-electron chi connectivity index (χ3n) is 3.12. The molecule has 0 aliphatic carbocycles. The summed E-state index contributed by atoms with van der Waals surface area (Å²) in [7, 11) is 4.05. The van der Waals surface area contributed by atoms with Gasteiger partial charge >= 0.3 is 0 Å². The number of aryl methyl sites for hydroxylation is 2. The van der Waals surface area contributed by atoms with E-state index in [-0.39, 0.29) is 6.04 Å². The lowest BCUT2D eigenvalue weighted by atomic mass is 10.1. The second kappa shape index (κ2) is 5.82. The largest absolute Gasteiger partial charge is 0.338 e. The van der Waals surface area contributed by atoms with E-state index < -0.39 is 0 Å². The maximum Gasteiger partial charge on any atom is 0.126 e. The number of nitrogens with one attached hydrogen (secondary N) is 1. The highest BCUT2D eigenvalue weighted by Gasteiger charge is 2.17. The predicted octanol–water partition coefficient (Wildman–Crippen LogP) is 1.44. The molecular formula is C13H21N5. The topological polar surface area (TPSA) is 47.7 Å². The van der Waals surface area contributed by atoms with Crippen LogP contribution in [0.1, 0.15) is 31.0 Å². The lowest BCUT2D eigenvalue weighted by molar-refractivity contribution is 0.477. The molecular weight excluding hydrogens is 226 g/mol. The fraction of sp³-hybridized carbons (Fsp3) is 0.538. The number of imidazole rings is 2. The number of nitrogens with zero attached hydrogens (tertiary/aromatic N) is 4. The third kappa shape index (κ3) is 2.79. The number of rotatable bonds is 6. The summed E-state index contributed by atoms with van der Waals surface area (Å²) in [5.74, 6) is 2.14. The van der Waals surface area contributed by atoms with Gasteiger partial charge in [0.05, 0.1) is 6.04 Å². The van der Waals surface area contributed by atoms with Crippen molar-refractivity contribution in [2.75, 3.05) is 6.54 Å². The highest BCUT2D eigenvalue weighted by atomic mass is 15.1. The van der Waals surface area contributed by atoms with Crippen LogP contribution in [-0.2, 0) is 20.5 Å². The minimum absolute atomic E-state index is 0.214. The zero-order valence-corrected chi connectivity index (χ0v) is 11.3. The van der Waals surface area contributed by atoms with Crippen molar-refractivity contribution in [1.82, 2.24) is 24.4 Å². The van der Waals surface area contributed by atoms with Crippen LogP contribution >= 0.6 is 0 Å². The molecule has 0 saturated heterocycles. The summed E-state index contributed by atoms with van der Waals surface area (Å²) in [5, 5.41) is 3.54. The molecule has 2 aromatic rings. The van der Waals surface area contributed by atoms with Gasteiger partial charge in [-0.25, -0.2) is 9.97 Å². The zero-order valence-electron chi connectivity index (χ0n) is 11.3. The van der Waals surface area contributed by atoms with Crippen LogP contribution in [0.5, 0.6) is 0 Å². The highest BCUT2D eigenvalue weighted by Crippen LogP contribution is 2.15. The van der Waals surface area contributed by atoms with E-state index in [4.69, 9.17) is 0 Å². The molecule has 0 aliphatic rings. The molecule has 18 heavy (non-hydrogen) atoms. The maximum atomic E-state index is 4.44. The van der Waals surface area contributed by atoms with Gasteiger partial charge < -0.3 is 14.5 Å². The van der Waals surface area contributed by atoms with Crippen molar-refractivity contribution in [3.63, 3.8) is 0 Å². The van der Waals surface area contributed by atoms with Crippen LogP contribution in [0.3, 0.4) is 0 Å². The number of aromatic nitrogens is 4. The Balaban J connectivity index is 2.15. The Kier molecular flexibility index (Phi) is 4.15. The van der Waals surface area contributed by atoms with Gasteiger partial charge in [0, 0.05) is 45.3 Å². The van der Waals surface area contributed by atoms with Crippen LogP contribution in [0.2, 0.25) is 0 Å². The fourth-order valence-electron chi connectivity index (χ4n) is 2.06. The summed E-state index contributed by atoms with van der Waals surface area (Å²) < 4.78 is 4.12. The van der Waals surface area contributed by atoms with Gasteiger partial charge in [0.15, 0.2) is 0 Å². The molecule has 2 rings (SSSR count). The molecule has 0 spiro atoms. The first-order valence-corrected chi connectivity index (χ1v) is 6.39. The van der Waals surface area contributed by atoms with Gasteiger partial charge in [0.25, 0.3) is 0 Å². The summed E-state index contributed by atoms with van der Waals surface area (Å²) in [4.78, 5) is 8.83. The third-order valence-corrected chi connectivity index (χ3v) is 3.12. The van der Waals surface area contributed by atoms with E-state index in [9.17, 15) is 0 Å². The molecule has 1 N–H and O–H groups in total. The van der Waals surface area contributed by atoms with Gasteiger partial charge in [-0.15, -0.1) is 0 Å². The fourth-order valence-corrected chi connectivity index (χ4v) is 2.06. The van der Waals surface area contributed by atoms with E-state index in [0.717, 1.165) is 31.0 Å². The Morgan fingerprint density at radius 3 is 2.44 bits per heavy atom. The molecule has 5 heteroatoms. The van der Waals surface area contributed by atoms with Crippen molar-refractivity contribution in [2.24, 2.45) is 14.1 Å². The van der Waals surface area contributed by atoms with Crippen molar-refractivity contribution in [3.8, 4) is 0 Å². The van der Waals surface area contributed by atoms with Gasteiger partial charge in [-0.1, -0.05) is 6.92 Å². The normalized spacial score (nSPS) is 12.8. The number of hydrogen-bond acceptors (Lipinski definition) is 3. The Morgan fingerprint density at radius 1 is 1.17 bits per heavy atom. The molecule has 2 aromatic heterocycles. The molecule has 0 radical (unpaired) electrons. The second-order valence-corrected chi connectivity index (χ2v) is 4.56. The van der Waals surface area contributed by atoms with Crippen molar-refractivity contribution in [1.29, 1.82) is 0 Å². The molecule has 0 aromatic carbocycles. The quantitative estimate of drug-likeness (QED) is 0.840. The molecule has 0 saturated carbocycles. The zero-order chi connectivity index (χ0) is 13.0. The Bertz CT molecular complexity index is 485. The molecule has 0 amide bonds. The van der Waals surface area contributed by atoms with Crippen LogP contribution in [0.4, 0.5) is 0 Å². The summed E-state index contributed by atoms with van der Waals surface area (Å²) in [6.07, 6.45) is 9.61. The smallest absolute Gasteiger partial charge is 0.126 e. The average Bonchev–Trinajstić information content (AvgIpc) is 2.94. The van der Waals surface area contributed by atoms with Gasteiger partial charge in [-0.2, -0.15) is 0 Å². The standard InChI is InChI=1S/C13H21N5/c1-4-5-14-11(13-16-7-9-18(13)3)10-12-15-6-8-17(12)2/h6-9,11,14H,4-5,10H2,1-3H3. The molecule has 0 fully saturated rings. The molecule has 98 valence electrons.